The van der Waals surface area contributed by atoms with E-state index in [2.05, 4.69) is 44.2 Å². The number of hydrogen-bond donors (Lipinski definition) is 0. The van der Waals surface area contributed by atoms with Gasteiger partial charge in [0.15, 0.2) is 0 Å². The quantitative estimate of drug-likeness (QED) is 0.669. The van der Waals surface area contributed by atoms with Crippen LogP contribution in [0.2, 0.25) is 10.5 Å². The predicted molar refractivity (Wildman–Crippen MR) is 54.2 cm³/mol. The molecule has 0 nitrogen and oxygen atoms in total. The summed E-state index contributed by atoms with van der Waals surface area (Å²) in [6.07, 6.45) is 0. The van der Waals surface area contributed by atoms with Gasteiger partial charge in [-0.3, -0.25) is 0 Å². The van der Waals surface area contributed by atoms with Gasteiger partial charge in [0.1, 0.15) is 0 Å². The molecular weight excluding hydrogens is 193 g/mol. The van der Waals surface area contributed by atoms with Gasteiger partial charge in [-0.05, 0) is 0 Å². The molecule has 0 N–H and O–H groups in total. The van der Waals surface area contributed by atoms with E-state index < -0.39 is 14.3 Å². The van der Waals surface area contributed by atoms with Crippen molar-refractivity contribution >= 4 is 18.7 Å². The minimum atomic E-state index is -1.01. The summed E-state index contributed by atoms with van der Waals surface area (Å²) >= 11 is -1.01. The molecule has 0 fully saturated rings. The molecule has 0 unspecified atom stereocenters. The monoisotopic (exact) mass is 210 g/mol. The summed E-state index contributed by atoms with van der Waals surface area (Å²) in [7, 11) is 0. The molecule has 60 valence electrons. The molecule has 1 heteroatoms. The molecule has 11 heavy (non-hydrogen) atoms. The summed E-state index contributed by atoms with van der Waals surface area (Å²) in [5, 5.41) is 2.88. The molecule has 0 aliphatic rings. The average Bonchev–Trinajstić information content (AvgIpc) is 2.09. The van der Waals surface area contributed by atoms with Gasteiger partial charge in [-0.25, -0.2) is 0 Å². The first-order chi connectivity index (χ1) is 5.38. The first-order valence-electron chi connectivity index (χ1n) is 4.43. The van der Waals surface area contributed by atoms with Crippen molar-refractivity contribution in [2.24, 2.45) is 0 Å². The Labute approximate surface area is 73.7 Å². The second-order valence-corrected chi connectivity index (χ2v) is 10.7. The third kappa shape index (κ3) is 2.37. The Hall–Kier alpha value is -0.237. The molecule has 0 heterocycles. The number of benzene rings is 1. The van der Waals surface area contributed by atoms with E-state index in [4.69, 9.17) is 0 Å². The van der Waals surface area contributed by atoms with Crippen molar-refractivity contribution in [3.63, 3.8) is 0 Å². The van der Waals surface area contributed by atoms with Crippen molar-refractivity contribution in [2.45, 2.75) is 24.4 Å². The molecule has 0 aromatic heterocycles. The molecule has 1 aromatic rings. The summed E-state index contributed by atoms with van der Waals surface area (Å²) < 4.78 is 1.67. The molecule has 0 aliphatic carbocycles. The van der Waals surface area contributed by atoms with Gasteiger partial charge in [-0.15, -0.1) is 0 Å². The fraction of sp³-hybridized carbons (Fsp3) is 0.400. The minimum absolute atomic E-state index is 1.01. The summed E-state index contributed by atoms with van der Waals surface area (Å²) in [6, 6.07) is 11.0. The van der Waals surface area contributed by atoms with E-state index in [0.29, 0.717) is 0 Å². The molecule has 0 saturated carbocycles. The van der Waals surface area contributed by atoms with Gasteiger partial charge in [0.2, 0.25) is 0 Å². The maximum atomic E-state index is 2.33. The SMILES string of the molecule is C[CH2][GeH]([CH2]C)[c]1ccccc1. The summed E-state index contributed by atoms with van der Waals surface area (Å²) in [4.78, 5) is 0. The van der Waals surface area contributed by atoms with Crippen LogP contribution in [0.4, 0.5) is 0 Å². The Morgan fingerprint density at radius 3 is 2.00 bits per heavy atom. The zero-order valence-electron chi connectivity index (χ0n) is 7.38. The van der Waals surface area contributed by atoms with Gasteiger partial charge in [0.25, 0.3) is 0 Å². The van der Waals surface area contributed by atoms with Gasteiger partial charge in [0.05, 0.1) is 0 Å². The van der Waals surface area contributed by atoms with Crippen molar-refractivity contribution in [1.82, 2.24) is 0 Å². The molecule has 0 bridgehead atoms. The predicted octanol–water partition coefficient (Wildman–Crippen LogP) is 2.16. The molecule has 0 aliphatic heterocycles. The van der Waals surface area contributed by atoms with Crippen LogP contribution in [0, 0.1) is 0 Å². The van der Waals surface area contributed by atoms with Gasteiger partial charge in [0, 0.05) is 0 Å². The van der Waals surface area contributed by atoms with Crippen LogP contribution >= 0.6 is 0 Å². The van der Waals surface area contributed by atoms with Crippen LogP contribution in [0.15, 0.2) is 30.3 Å². The molecular formula is C10H16Ge. The summed E-state index contributed by atoms with van der Waals surface area (Å²) in [6.45, 7) is 4.67. The molecule has 0 amide bonds. The van der Waals surface area contributed by atoms with Crippen LogP contribution in [-0.2, 0) is 0 Å². The molecule has 1 aromatic carbocycles. The Morgan fingerprint density at radius 2 is 1.55 bits per heavy atom. The number of rotatable bonds is 3. The van der Waals surface area contributed by atoms with E-state index in [1.54, 1.807) is 4.40 Å². The van der Waals surface area contributed by atoms with Gasteiger partial charge in [-0.1, -0.05) is 0 Å². The van der Waals surface area contributed by atoms with Crippen LogP contribution in [0.1, 0.15) is 13.8 Å². The van der Waals surface area contributed by atoms with Gasteiger partial charge in [-0.2, -0.15) is 0 Å². The van der Waals surface area contributed by atoms with E-state index >= 15 is 0 Å². The molecule has 0 atom stereocenters. The van der Waals surface area contributed by atoms with Crippen molar-refractivity contribution in [3.05, 3.63) is 30.3 Å². The molecule has 0 radical (unpaired) electrons. The van der Waals surface area contributed by atoms with Crippen molar-refractivity contribution in [1.29, 1.82) is 0 Å². The summed E-state index contributed by atoms with van der Waals surface area (Å²) in [5.41, 5.74) is 0. The fourth-order valence-corrected chi connectivity index (χ4v) is 6.28. The molecule has 1 rings (SSSR count). The second-order valence-electron chi connectivity index (χ2n) is 2.92. The van der Waals surface area contributed by atoms with Crippen molar-refractivity contribution < 1.29 is 0 Å². The van der Waals surface area contributed by atoms with Crippen molar-refractivity contribution in [2.75, 3.05) is 0 Å². The third-order valence-corrected chi connectivity index (χ3v) is 9.18. The van der Waals surface area contributed by atoms with Crippen LogP contribution in [0.25, 0.3) is 0 Å². The molecule has 0 spiro atoms. The van der Waals surface area contributed by atoms with E-state index in [9.17, 15) is 0 Å². The second kappa shape index (κ2) is 4.60. The maximum absolute atomic E-state index is 2.33. The first-order valence-corrected chi connectivity index (χ1v) is 9.07. The normalized spacial score (nSPS) is 10.5. The van der Waals surface area contributed by atoms with E-state index in [1.807, 2.05) is 0 Å². The first kappa shape index (κ1) is 8.86. The fourth-order valence-electron chi connectivity index (χ4n) is 1.49. The summed E-state index contributed by atoms with van der Waals surface area (Å²) in [5.74, 6) is 0. The van der Waals surface area contributed by atoms with Gasteiger partial charge >= 0.3 is 73.4 Å². The van der Waals surface area contributed by atoms with E-state index in [-0.39, 0.29) is 0 Å². The number of hydrogen-bond acceptors (Lipinski definition) is 0. The zero-order valence-corrected chi connectivity index (χ0v) is 9.80. The van der Waals surface area contributed by atoms with E-state index in [0.717, 1.165) is 0 Å². The topological polar surface area (TPSA) is 0 Å². The average molecular weight is 209 g/mol. The van der Waals surface area contributed by atoms with Gasteiger partial charge < -0.3 is 0 Å². The Morgan fingerprint density at radius 1 is 1.00 bits per heavy atom. The third-order valence-electron chi connectivity index (χ3n) is 2.26. The van der Waals surface area contributed by atoms with E-state index in [1.165, 1.54) is 10.5 Å². The Balaban J connectivity index is 2.74. The standard InChI is InChI=1S/C10H16Ge/c1-3-11(4-2)10-8-6-5-7-9-10/h5-9,11H,3-4H2,1-2H3. The van der Waals surface area contributed by atoms with Crippen molar-refractivity contribution in [3.8, 4) is 0 Å². The molecule has 0 saturated heterocycles. The Kier molecular flexibility index (Phi) is 3.71. The van der Waals surface area contributed by atoms with Crippen LogP contribution < -0.4 is 4.40 Å². The van der Waals surface area contributed by atoms with Crippen LogP contribution in [0.3, 0.4) is 0 Å². The zero-order chi connectivity index (χ0) is 8.10. The van der Waals surface area contributed by atoms with Crippen LogP contribution in [-0.4, -0.2) is 14.3 Å². The van der Waals surface area contributed by atoms with Crippen LogP contribution in [0.5, 0.6) is 0 Å². The Bertz CT molecular complexity index is 189.